The lowest BCUT2D eigenvalue weighted by atomic mass is 10.1. The Labute approximate surface area is 115 Å². The number of halogens is 2. The van der Waals surface area contributed by atoms with Gasteiger partial charge in [0, 0.05) is 16.4 Å². The van der Waals surface area contributed by atoms with E-state index in [2.05, 4.69) is 4.72 Å². The van der Waals surface area contributed by atoms with E-state index in [4.69, 9.17) is 11.6 Å². The van der Waals surface area contributed by atoms with Crippen molar-refractivity contribution in [2.45, 2.75) is 31.6 Å². The number of rotatable bonds is 4. The number of hydrogen-bond donors (Lipinski definition) is 2. The monoisotopic (exact) mass is 293 g/mol. The smallest absolute Gasteiger partial charge is 0.136 e. The van der Waals surface area contributed by atoms with Crippen molar-refractivity contribution in [3.8, 4) is 0 Å². The first kappa shape index (κ1) is 15.7. The molecule has 1 aromatic carbocycles. The van der Waals surface area contributed by atoms with Crippen LogP contribution < -0.4 is 4.72 Å². The number of aliphatic hydroxyl groups excluding tert-OH is 1. The van der Waals surface area contributed by atoms with Crippen LogP contribution in [0.2, 0.25) is 5.02 Å². The van der Waals surface area contributed by atoms with E-state index in [-0.39, 0.29) is 11.6 Å². The van der Waals surface area contributed by atoms with E-state index in [1.54, 1.807) is 6.07 Å². The summed E-state index contributed by atoms with van der Waals surface area (Å²) < 4.78 is 27.5. The molecule has 0 bridgehead atoms. The van der Waals surface area contributed by atoms with Crippen molar-refractivity contribution in [3.05, 3.63) is 34.6 Å². The van der Waals surface area contributed by atoms with Crippen LogP contribution in [0.15, 0.2) is 18.2 Å². The summed E-state index contributed by atoms with van der Waals surface area (Å²) in [4.78, 5) is 0. The Hall–Kier alpha value is -0.330. The predicted molar refractivity (Wildman–Crippen MR) is 72.3 cm³/mol. The average Bonchev–Trinajstić information content (AvgIpc) is 2.22. The summed E-state index contributed by atoms with van der Waals surface area (Å²) in [6.45, 7) is 5.14. The highest BCUT2D eigenvalue weighted by molar-refractivity contribution is 7.90. The SMILES string of the molecule is CC(C)(C)[S+]([O-])N[C@H](CO)c1cc(F)cc(Cl)c1. The lowest BCUT2D eigenvalue weighted by Gasteiger charge is -2.27. The zero-order valence-corrected chi connectivity index (χ0v) is 12.1. The van der Waals surface area contributed by atoms with Gasteiger partial charge in [-0.25, -0.2) is 4.39 Å². The molecule has 0 fully saturated rings. The molecule has 0 aliphatic heterocycles. The van der Waals surface area contributed by atoms with Crippen LogP contribution in [0.4, 0.5) is 4.39 Å². The summed E-state index contributed by atoms with van der Waals surface area (Å²) in [5.74, 6) is -0.487. The second-order valence-corrected chi connectivity index (χ2v) is 7.37. The molecule has 102 valence electrons. The first-order valence-corrected chi connectivity index (χ1v) is 7.01. The van der Waals surface area contributed by atoms with E-state index in [0.29, 0.717) is 5.56 Å². The van der Waals surface area contributed by atoms with Gasteiger partial charge in [0.05, 0.1) is 6.61 Å². The minimum Gasteiger partial charge on any atom is -0.598 e. The van der Waals surface area contributed by atoms with Crippen LogP contribution in [-0.4, -0.2) is 21.0 Å². The van der Waals surface area contributed by atoms with Crippen molar-refractivity contribution in [3.63, 3.8) is 0 Å². The molecule has 2 atom stereocenters. The summed E-state index contributed by atoms with van der Waals surface area (Å²) in [7, 11) is 0. The van der Waals surface area contributed by atoms with E-state index in [9.17, 15) is 14.0 Å². The molecule has 6 heteroatoms. The molecule has 0 saturated heterocycles. The summed E-state index contributed by atoms with van der Waals surface area (Å²) in [6, 6.07) is 3.37. The Kier molecular flexibility index (Phi) is 5.43. The number of nitrogens with one attached hydrogen (secondary N) is 1. The fraction of sp³-hybridized carbons (Fsp3) is 0.500. The summed E-state index contributed by atoms with van der Waals surface area (Å²) in [5, 5.41) is 9.56. The quantitative estimate of drug-likeness (QED) is 0.839. The van der Waals surface area contributed by atoms with Crippen molar-refractivity contribution in [2.24, 2.45) is 0 Å². The normalized spacial score (nSPS) is 15.5. The summed E-state index contributed by atoms with van der Waals surface area (Å²) in [6.07, 6.45) is 0. The fourth-order valence-corrected chi connectivity index (χ4v) is 2.35. The Morgan fingerprint density at radius 2 is 2.06 bits per heavy atom. The molecule has 0 spiro atoms. The first-order valence-electron chi connectivity index (χ1n) is 5.49. The predicted octanol–water partition coefficient (Wildman–Crippen LogP) is 2.56. The van der Waals surface area contributed by atoms with Crippen LogP contribution in [0, 0.1) is 5.82 Å². The van der Waals surface area contributed by atoms with Crippen molar-refractivity contribution >= 4 is 23.0 Å². The highest BCUT2D eigenvalue weighted by Crippen LogP contribution is 2.23. The van der Waals surface area contributed by atoms with Gasteiger partial charge in [-0.15, -0.1) is 4.72 Å². The molecule has 0 radical (unpaired) electrons. The van der Waals surface area contributed by atoms with Crippen LogP contribution >= 0.6 is 11.6 Å². The van der Waals surface area contributed by atoms with Gasteiger partial charge in [0.2, 0.25) is 0 Å². The zero-order valence-electron chi connectivity index (χ0n) is 10.5. The summed E-state index contributed by atoms with van der Waals surface area (Å²) in [5.41, 5.74) is 0.472. The minimum absolute atomic E-state index is 0.242. The maximum Gasteiger partial charge on any atom is 0.136 e. The Morgan fingerprint density at radius 1 is 1.44 bits per heavy atom. The Balaban J connectivity index is 2.89. The molecule has 0 aromatic heterocycles. The number of aliphatic hydroxyl groups is 1. The van der Waals surface area contributed by atoms with E-state index in [1.807, 2.05) is 20.8 Å². The zero-order chi connectivity index (χ0) is 13.9. The second-order valence-electron chi connectivity index (χ2n) is 4.94. The molecular weight excluding hydrogens is 277 g/mol. The molecule has 2 N–H and O–H groups in total. The second kappa shape index (κ2) is 6.21. The molecule has 1 unspecified atom stereocenters. The van der Waals surface area contributed by atoms with Gasteiger partial charge in [0.15, 0.2) is 0 Å². The molecule has 3 nitrogen and oxygen atoms in total. The molecule has 18 heavy (non-hydrogen) atoms. The van der Waals surface area contributed by atoms with Gasteiger partial charge < -0.3 is 9.66 Å². The van der Waals surface area contributed by atoms with Gasteiger partial charge in [-0.2, -0.15) is 0 Å². The maximum absolute atomic E-state index is 13.2. The minimum atomic E-state index is -1.36. The van der Waals surface area contributed by atoms with Crippen molar-refractivity contribution < 1.29 is 14.0 Å². The Bertz CT molecular complexity index is 391. The van der Waals surface area contributed by atoms with E-state index < -0.39 is 28.0 Å². The highest BCUT2D eigenvalue weighted by atomic mass is 35.5. The van der Waals surface area contributed by atoms with E-state index in [1.165, 1.54) is 12.1 Å². The van der Waals surface area contributed by atoms with Crippen LogP contribution in [0.25, 0.3) is 0 Å². The lowest BCUT2D eigenvalue weighted by Crippen LogP contribution is -2.42. The van der Waals surface area contributed by atoms with Gasteiger partial charge in [0.1, 0.15) is 16.6 Å². The Morgan fingerprint density at radius 3 is 2.50 bits per heavy atom. The van der Waals surface area contributed by atoms with Crippen LogP contribution in [0.3, 0.4) is 0 Å². The first-order chi connectivity index (χ1) is 8.24. The van der Waals surface area contributed by atoms with Crippen LogP contribution in [0.1, 0.15) is 32.4 Å². The topological polar surface area (TPSA) is 55.3 Å². The number of benzene rings is 1. The highest BCUT2D eigenvalue weighted by Gasteiger charge is 2.29. The molecule has 1 rings (SSSR count). The maximum atomic E-state index is 13.2. The van der Waals surface area contributed by atoms with Crippen LogP contribution in [-0.2, 0) is 11.4 Å². The van der Waals surface area contributed by atoms with Crippen LogP contribution in [0.5, 0.6) is 0 Å². The lowest BCUT2D eigenvalue weighted by molar-refractivity contribution is 0.258. The van der Waals surface area contributed by atoms with Gasteiger partial charge in [0.25, 0.3) is 0 Å². The average molecular weight is 294 g/mol. The molecule has 0 amide bonds. The molecule has 0 aliphatic rings. The molecule has 0 saturated carbocycles. The molecule has 0 heterocycles. The third-order valence-corrected chi connectivity index (χ3v) is 4.10. The molecular formula is C12H17ClFNO2S. The third-order valence-electron chi connectivity index (χ3n) is 2.28. The van der Waals surface area contributed by atoms with Gasteiger partial charge in [-0.3, -0.25) is 0 Å². The van der Waals surface area contributed by atoms with E-state index in [0.717, 1.165) is 0 Å². The van der Waals surface area contributed by atoms with Gasteiger partial charge in [-0.1, -0.05) is 11.6 Å². The largest absolute Gasteiger partial charge is 0.598 e. The van der Waals surface area contributed by atoms with Crippen molar-refractivity contribution in [2.75, 3.05) is 6.61 Å². The number of hydrogen-bond acceptors (Lipinski definition) is 3. The van der Waals surface area contributed by atoms with Crippen molar-refractivity contribution in [1.82, 2.24) is 4.72 Å². The van der Waals surface area contributed by atoms with Gasteiger partial charge in [-0.05, 0) is 44.5 Å². The fourth-order valence-electron chi connectivity index (χ4n) is 1.29. The van der Waals surface area contributed by atoms with Gasteiger partial charge >= 0.3 is 0 Å². The van der Waals surface area contributed by atoms with E-state index >= 15 is 0 Å². The summed E-state index contributed by atoms with van der Waals surface area (Å²) >= 11 is 4.40. The molecule has 1 aromatic rings. The molecule has 0 aliphatic carbocycles. The standard InChI is InChI=1S/C12H17ClFNO2S/c1-12(2,3)18(17)15-11(7-16)8-4-9(13)6-10(14)5-8/h4-6,11,15-16H,7H2,1-3H3/t11-,18?/m1/s1. The third kappa shape index (κ3) is 4.40. The van der Waals surface area contributed by atoms with Crippen molar-refractivity contribution in [1.29, 1.82) is 0 Å².